The highest BCUT2D eigenvalue weighted by Gasteiger charge is 2.21. The molecule has 5 nitrogen and oxygen atoms in total. The van der Waals surface area contributed by atoms with Crippen molar-refractivity contribution in [2.75, 3.05) is 6.61 Å². The molecule has 0 spiro atoms. The van der Waals surface area contributed by atoms with Gasteiger partial charge in [-0.1, -0.05) is 12.1 Å². The number of H-pyrrole nitrogens is 1. The maximum atomic E-state index is 11.9. The Labute approximate surface area is 109 Å². The number of carbonyl (C=O) groups is 3. The lowest BCUT2D eigenvalue weighted by Crippen LogP contribution is -2.17. The number of aromatic nitrogens is 1. The first-order valence-corrected chi connectivity index (χ1v) is 5.88. The van der Waals surface area contributed by atoms with Gasteiger partial charge in [0, 0.05) is 22.7 Å². The molecular weight excluding hydrogens is 246 g/mol. The van der Waals surface area contributed by atoms with Crippen molar-refractivity contribution in [2.45, 2.75) is 13.8 Å². The van der Waals surface area contributed by atoms with E-state index < -0.39 is 11.8 Å². The number of ketones is 2. The summed E-state index contributed by atoms with van der Waals surface area (Å²) in [6, 6.07) is 4.93. The highest BCUT2D eigenvalue weighted by Crippen LogP contribution is 2.20. The number of fused-ring (bicyclic) bond motifs is 1. The minimum atomic E-state index is -0.876. The zero-order valence-corrected chi connectivity index (χ0v) is 10.6. The summed E-state index contributed by atoms with van der Waals surface area (Å²) >= 11 is 0. The van der Waals surface area contributed by atoms with E-state index >= 15 is 0 Å². The summed E-state index contributed by atoms with van der Waals surface area (Å²) in [5.41, 5.74) is 1.44. The summed E-state index contributed by atoms with van der Waals surface area (Å²) in [6.45, 7) is 3.26. The zero-order valence-electron chi connectivity index (χ0n) is 10.6. The van der Waals surface area contributed by atoms with Crippen LogP contribution >= 0.6 is 0 Å². The van der Waals surface area contributed by atoms with E-state index in [2.05, 4.69) is 9.72 Å². The van der Waals surface area contributed by atoms with E-state index in [9.17, 15) is 14.4 Å². The fraction of sp³-hybridized carbons (Fsp3) is 0.214. The molecule has 0 aliphatic rings. The minimum Gasteiger partial charge on any atom is -0.460 e. The fourth-order valence-corrected chi connectivity index (χ4v) is 1.84. The number of esters is 1. The first-order valence-electron chi connectivity index (χ1n) is 5.88. The van der Waals surface area contributed by atoms with Crippen molar-refractivity contribution in [1.82, 2.24) is 4.98 Å². The van der Waals surface area contributed by atoms with Crippen LogP contribution in [0.3, 0.4) is 0 Å². The van der Waals surface area contributed by atoms with Crippen LogP contribution in [0.4, 0.5) is 0 Å². The third-order valence-corrected chi connectivity index (χ3v) is 2.79. The number of rotatable bonds is 4. The molecule has 1 aromatic heterocycles. The van der Waals surface area contributed by atoms with E-state index in [1.165, 1.54) is 13.1 Å². The van der Waals surface area contributed by atoms with Crippen LogP contribution in [0.2, 0.25) is 0 Å². The summed E-state index contributed by atoms with van der Waals surface area (Å²) in [7, 11) is 0. The first-order chi connectivity index (χ1) is 9.04. The maximum Gasteiger partial charge on any atom is 0.379 e. The molecule has 19 heavy (non-hydrogen) atoms. The highest BCUT2D eigenvalue weighted by molar-refractivity contribution is 6.43. The first kappa shape index (κ1) is 13.0. The molecule has 1 heterocycles. The maximum absolute atomic E-state index is 11.9. The van der Waals surface area contributed by atoms with Gasteiger partial charge in [0.05, 0.1) is 12.2 Å². The van der Waals surface area contributed by atoms with Crippen LogP contribution in [0, 0.1) is 0 Å². The number of carbonyl (C=O) groups excluding carboxylic acids is 3. The predicted molar refractivity (Wildman–Crippen MR) is 69.3 cm³/mol. The van der Waals surface area contributed by atoms with Crippen molar-refractivity contribution in [2.24, 2.45) is 0 Å². The van der Waals surface area contributed by atoms with Gasteiger partial charge in [-0.25, -0.2) is 4.79 Å². The third kappa shape index (κ3) is 2.40. The summed E-state index contributed by atoms with van der Waals surface area (Å²) in [5, 5.41) is 0.600. The Kier molecular flexibility index (Phi) is 3.46. The number of ether oxygens (including phenoxy) is 1. The van der Waals surface area contributed by atoms with E-state index in [0.29, 0.717) is 16.5 Å². The molecule has 0 bridgehead atoms. The van der Waals surface area contributed by atoms with Crippen LogP contribution in [0.1, 0.15) is 34.6 Å². The Morgan fingerprint density at radius 1 is 1.26 bits per heavy atom. The standard InChI is InChI=1S/C14H13NO4/c1-3-19-14(18)13(17)11-7-15-12-6-9(8(2)16)4-5-10(11)12/h4-7,15H,3H2,1-2H3. The number of Topliss-reactive ketones (excluding diaryl/α,β-unsaturated/α-hetero) is 2. The fourth-order valence-electron chi connectivity index (χ4n) is 1.84. The number of hydrogen-bond donors (Lipinski definition) is 1. The summed E-state index contributed by atoms with van der Waals surface area (Å²) in [4.78, 5) is 37.4. The Hall–Kier alpha value is -2.43. The van der Waals surface area contributed by atoms with Crippen LogP contribution in [0.5, 0.6) is 0 Å². The number of hydrogen-bond acceptors (Lipinski definition) is 4. The predicted octanol–water partition coefficient (Wildman–Crippen LogP) is 2.12. The van der Waals surface area contributed by atoms with E-state index in [1.807, 2.05) is 0 Å². The second-order valence-electron chi connectivity index (χ2n) is 4.07. The Morgan fingerprint density at radius 2 is 2.00 bits per heavy atom. The van der Waals surface area contributed by atoms with Crippen molar-refractivity contribution in [3.05, 3.63) is 35.5 Å². The summed E-state index contributed by atoms with van der Waals surface area (Å²) in [5.74, 6) is -1.63. The molecule has 0 saturated carbocycles. The van der Waals surface area contributed by atoms with Crippen molar-refractivity contribution in [1.29, 1.82) is 0 Å². The molecule has 98 valence electrons. The lowest BCUT2D eigenvalue weighted by atomic mass is 10.1. The van der Waals surface area contributed by atoms with Gasteiger partial charge < -0.3 is 9.72 Å². The van der Waals surface area contributed by atoms with Gasteiger partial charge in [0.15, 0.2) is 5.78 Å². The Morgan fingerprint density at radius 3 is 2.63 bits per heavy atom. The molecule has 0 fully saturated rings. The molecule has 0 saturated heterocycles. The van der Waals surface area contributed by atoms with Gasteiger partial charge in [-0.2, -0.15) is 0 Å². The molecule has 0 aliphatic heterocycles. The quantitative estimate of drug-likeness (QED) is 0.518. The molecule has 0 unspecified atom stereocenters. The molecule has 1 N–H and O–H groups in total. The van der Waals surface area contributed by atoms with Gasteiger partial charge in [0.1, 0.15) is 0 Å². The normalized spacial score (nSPS) is 10.4. The van der Waals surface area contributed by atoms with E-state index in [0.717, 1.165) is 0 Å². The smallest absolute Gasteiger partial charge is 0.379 e. The van der Waals surface area contributed by atoms with Gasteiger partial charge in [-0.3, -0.25) is 9.59 Å². The van der Waals surface area contributed by atoms with Crippen LogP contribution in [-0.2, 0) is 9.53 Å². The van der Waals surface area contributed by atoms with E-state index in [-0.39, 0.29) is 18.0 Å². The topological polar surface area (TPSA) is 76.2 Å². The molecule has 0 radical (unpaired) electrons. The average Bonchev–Trinajstić information content (AvgIpc) is 2.80. The molecule has 2 aromatic rings. The van der Waals surface area contributed by atoms with Crippen molar-refractivity contribution < 1.29 is 19.1 Å². The number of aromatic amines is 1. The van der Waals surface area contributed by atoms with Gasteiger partial charge in [-0.05, 0) is 19.9 Å². The highest BCUT2D eigenvalue weighted by atomic mass is 16.5. The lowest BCUT2D eigenvalue weighted by molar-refractivity contribution is -0.137. The van der Waals surface area contributed by atoms with Crippen molar-refractivity contribution in [3.8, 4) is 0 Å². The number of nitrogens with one attached hydrogen (secondary N) is 1. The molecule has 0 aliphatic carbocycles. The van der Waals surface area contributed by atoms with Crippen LogP contribution in [-0.4, -0.2) is 29.1 Å². The third-order valence-electron chi connectivity index (χ3n) is 2.79. The summed E-state index contributed by atoms with van der Waals surface area (Å²) < 4.78 is 4.68. The van der Waals surface area contributed by atoms with E-state index in [1.54, 1.807) is 25.1 Å². The van der Waals surface area contributed by atoms with Crippen molar-refractivity contribution >= 4 is 28.4 Å². The SMILES string of the molecule is CCOC(=O)C(=O)c1c[nH]c2cc(C(C)=O)ccc12. The number of benzene rings is 1. The van der Waals surface area contributed by atoms with Crippen LogP contribution in [0.15, 0.2) is 24.4 Å². The second kappa shape index (κ2) is 5.06. The van der Waals surface area contributed by atoms with Gasteiger partial charge >= 0.3 is 5.97 Å². The molecule has 1 aromatic carbocycles. The summed E-state index contributed by atoms with van der Waals surface area (Å²) in [6.07, 6.45) is 1.45. The molecule has 0 atom stereocenters. The Bertz CT molecular complexity index is 669. The van der Waals surface area contributed by atoms with Crippen LogP contribution in [0.25, 0.3) is 10.9 Å². The van der Waals surface area contributed by atoms with E-state index in [4.69, 9.17) is 0 Å². The molecule has 5 heteroatoms. The monoisotopic (exact) mass is 259 g/mol. The zero-order chi connectivity index (χ0) is 14.0. The average molecular weight is 259 g/mol. The van der Waals surface area contributed by atoms with Crippen molar-refractivity contribution in [3.63, 3.8) is 0 Å². The van der Waals surface area contributed by atoms with Gasteiger partial charge in [-0.15, -0.1) is 0 Å². The second-order valence-corrected chi connectivity index (χ2v) is 4.07. The lowest BCUT2D eigenvalue weighted by Gasteiger charge is -2.00. The van der Waals surface area contributed by atoms with Gasteiger partial charge in [0.25, 0.3) is 5.78 Å². The minimum absolute atomic E-state index is 0.0604. The molecular formula is C14H13NO4. The molecule has 0 amide bonds. The largest absolute Gasteiger partial charge is 0.460 e. The van der Waals surface area contributed by atoms with Gasteiger partial charge in [0.2, 0.25) is 0 Å². The molecule has 2 rings (SSSR count). The van der Waals surface area contributed by atoms with Crippen LogP contribution < -0.4 is 0 Å². The Balaban J connectivity index is 2.44.